The number of Topliss-reactive ketones (excluding diaryl/α,β-unsaturated/α-hetero) is 2. The number of nitrogens with zero attached hydrogens (tertiary/aromatic N) is 3. The van der Waals surface area contributed by atoms with Crippen LogP contribution in [0.15, 0.2) is 10.3 Å². The molecule has 2 aliphatic rings. The molecule has 0 aromatic heterocycles. The Morgan fingerprint density at radius 1 is 1.21 bits per heavy atom. The van der Waals surface area contributed by atoms with Gasteiger partial charge in [-0.05, 0) is 6.42 Å². The first-order valence-corrected chi connectivity index (χ1v) is 7.44. The molecule has 0 spiro atoms. The highest BCUT2D eigenvalue weighted by Crippen LogP contribution is 2.26. The summed E-state index contributed by atoms with van der Waals surface area (Å²) in [7, 11) is 0. The Bertz CT molecular complexity index is 551. The monoisotopic (exact) mass is 345 g/mol. The fourth-order valence-corrected chi connectivity index (χ4v) is 2.47. The maximum Gasteiger partial charge on any atom is 0.316 e. The molecule has 6 unspecified atom stereocenters. The number of rotatable bonds is 5. The van der Waals surface area contributed by atoms with Crippen molar-refractivity contribution in [1.29, 1.82) is 0 Å². The van der Waals surface area contributed by atoms with E-state index in [0.717, 1.165) is 0 Å². The minimum atomic E-state index is -1.79. The van der Waals surface area contributed by atoms with Gasteiger partial charge in [-0.15, -0.1) is 0 Å². The van der Waals surface area contributed by atoms with E-state index in [9.17, 15) is 29.7 Å². The van der Waals surface area contributed by atoms with Crippen LogP contribution >= 0.6 is 0 Å². The summed E-state index contributed by atoms with van der Waals surface area (Å²) >= 11 is 0. The molecule has 11 heteroatoms. The van der Waals surface area contributed by atoms with Gasteiger partial charge in [-0.25, -0.2) is 0 Å². The molecule has 2 heterocycles. The maximum atomic E-state index is 12.1. The molecule has 0 aromatic carbocycles. The van der Waals surface area contributed by atoms with Gasteiger partial charge in [0.2, 0.25) is 0 Å². The summed E-state index contributed by atoms with van der Waals surface area (Å²) in [5, 5.41) is 45.9. The van der Waals surface area contributed by atoms with Crippen molar-refractivity contribution in [2.75, 3.05) is 6.61 Å². The smallest absolute Gasteiger partial charge is 0.316 e. The van der Waals surface area contributed by atoms with Crippen molar-refractivity contribution >= 4 is 17.5 Å². The maximum absolute atomic E-state index is 12.1. The predicted molar refractivity (Wildman–Crippen MR) is 74.2 cm³/mol. The summed E-state index contributed by atoms with van der Waals surface area (Å²) in [6.07, 6.45) is -7.52. The molecule has 1 amide bonds. The Labute approximate surface area is 136 Å². The van der Waals surface area contributed by atoms with Crippen LogP contribution in [0.2, 0.25) is 0 Å². The van der Waals surface area contributed by atoms with E-state index in [-0.39, 0.29) is 6.42 Å². The van der Waals surface area contributed by atoms with Crippen molar-refractivity contribution in [2.24, 2.45) is 10.3 Å². The van der Waals surface area contributed by atoms with Crippen LogP contribution in [-0.2, 0) is 19.1 Å². The van der Waals surface area contributed by atoms with Gasteiger partial charge in [0.1, 0.15) is 24.4 Å². The molecule has 0 aromatic rings. The molecule has 2 rings (SSSR count). The van der Waals surface area contributed by atoms with Gasteiger partial charge in [-0.2, -0.15) is 10.1 Å². The zero-order chi connectivity index (χ0) is 18.0. The highest BCUT2D eigenvalue weighted by molar-refractivity contribution is 6.42. The molecule has 134 valence electrons. The van der Waals surface area contributed by atoms with Gasteiger partial charge in [-0.1, -0.05) is 12.1 Å². The second-order valence-corrected chi connectivity index (χ2v) is 5.56. The Morgan fingerprint density at radius 3 is 2.46 bits per heavy atom. The fraction of sp³-hybridized carbons (Fsp3) is 0.769. The highest BCUT2D eigenvalue weighted by atomic mass is 16.6. The summed E-state index contributed by atoms with van der Waals surface area (Å²) < 4.78 is 5.14. The van der Waals surface area contributed by atoms with Crippen molar-refractivity contribution in [3.8, 4) is 0 Å². The van der Waals surface area contributed by atoms with E-state index in [1.54, 1.807) is 6.92 Å². The SMILES string of the molecule is CCCC(=O)C1N=NN(C2OC(CO)C(O)C(O)C2O)C(=O)C1=O. The predicted octanol–water partition coefficient (Wildman–Crippen LogP) is -2.70. The fourth-order valence-electron chi connectivity index (χ4n) is 2.47. The first-order chi connectivity index (χ1) is 11.3. The van der Waals surface area contributed by atoms with E-state index in [1.165, 1.54) is 0 Å². The van der Waals surface area contributed by atoms with Gasteiger partial charge in [0, 0.05) is 6.42 Å². The second kappa shape index (κ2) is 7.40. The van der Waals surface area contributed by atoms with E-state index < -0.39 is 60.8 Å². The molecule has 1 saturated heterocycles. The summed E-state index contributed by atoms with van der Waals surface area (Å²) in [6, 6.07) is -1.53. The Hall–Kier alpha value is -1.79. The number of carbonyl (C=O) groups is 3. The molecule has 0 bridgehead atoms. The third-order valence-electron chi connectivity index (χ3n) is 3.84. The topological polar surface area (TPSA) is 169 Å². The molecule has 24 heavy (non-hydrogen) atoms. The third kappa shape index (κ3) is 3.21. The number of carbonyl (C=O) groups excluding carboxylic acids is 3. The largest absolute Gasteiger partial charge is 0.394 e. The Kier molecular flexibility index (Phi) is 5.72. The van der Waals surface area contributed by atoms with E-state index in [1.807, 2.05) is 0 Å². The Balaban J connectivity index is 2.23. The zero-order valence-electron chi connectivity index (χ0n) is 12.8. The number of amides is 1. The molecular weight excluding hydrogens is 326 g/mol. The number of aliphatic hydroxyl groups excluding tert-OH is 4. The van der Waals surface area contributed by atoms with Gasteiger partial charge in [0.05, 0.1) is 6.61 Å². The van der Waals surface area contributed by atoms with E-state index in [0.29, 0.717) is 11.4 Å². The van der Waals surface area contributed by atoms with Crippen LogP contribution in [0.5, 0.6) is 0 Å². The quantitative estimate of drug-likeness (QED) is 0.308. The van der Waals surface area contributed by atoms with Crippen LogP contribution in [0, 0.1) is 0 Å². The first kappa shape index (κ1) is 18.5. The van der Waals surface area contributed by atoms with E-state index in [2.05, 4.69) is 10.3 Å². The summed E-state index contributed by atoms with van der Waals surface area (Å²) in [5.41, 5.74) is 0. The molecule has 6 atom stereocenters. The number of ketones is 2. The van der Waals surface area contributed by atoms with Gasteiger partial charge < -0.3 is 25.2 Å². The van der Waals surface area contributed by atoms with Gasteiger partial charge in [-0.3, -0.25) is 14.4 Å². The standard InChI is InChI=1S/C13H19N3O8/c1-2-3-5(18)7-9(20)12(23)16(15-14-7)13-11(22)10(21)8(19)6(4-17)24-13/h6-8,10-11,13,17,19,21-22H,2-4H2,1H3. The van der Waals surface area contributed by atoms with Gasteiger partial charge in [0.15, 0.2) is 18.1 Å². The number of ether oxygens (including phenoxy) is 1. The average molecular weight is 345 g/mol. The number of hydrogen-bond acceptors (Lipinski definition) is 10. The van der Waals surface area contributed by atoms with E-state index >= 15 is 0 Å². The van der Waals surface area contributed by atoms with Gasteiger partial charge in [0.25, 0.3) is 5.78 Å². The van der Waals surface area contributed by atoms with Crippen molar-refractivity contribution in [2.45, 2.75) is 56.5 Å². The van der Waals surface area contributed by atoms with Crippen molar-refractivity contribution < 1.29 is 39.5 Å². The minimum Gasteiger partial charge on any atom is -0.394 e. The molecule has 0 saturated carbocycles. The third-order valence-corrected chi connectivity index (χ3v) is 3.84. The normalized spacial score (nSPS) is 37.0. The second-order valence-electron chi connectivity index (χ2n) is 5.56. The van der Waals surface area contributed by atoms with Crippen LogP contribution in [0.3, 0.4) is 0 Å². The lowest BCUT2D eigenvalue weighted by atomic mass is 9.97. The number of hydrogen-bond donors (Lipinski definition) is 4. The summed E-state index contributed by atoms with van der Waals surface area (Å²) in [4.78, 5) is 35.9. The molecule has 4 N–H and O–H groups in total. The van der Waals surface area contributed by atoms with Crippen LogP contribution in [0.25, 0.3) is 0 Å². The molecule has 0 radical (unpaired) electrons. The molecule has 2 aliphatic heterocycles. The van der Waals surface area contributed by atoms with Crippen molar-refractivity contribution in [3.63, 3.8) is 0 Å². The molecule has 11 nitrogen and oxygen atoms in total. The zero-order valence-corrected chi connectivity index (χ0v) is 12.8. The van der Waals surface area contributed by atoms with E-state index in [4.69, 9.17) is 9.84 Å². The molecule has 0 aliphatic carbocycles. The van der Waals surface area contributed by atoms with Crippen LogP contribution < -0.4 is 0 Å². The lowest BCUT2D eigenvalue weighted by Crippen LogP contribution is -2.64. The lowest BCUT2D eigenvalue weighted by Gasteiger charge is -2.42. The Morgan fingerprint density at radius 2 is 1.88 bits per heavy atom. The minimum absolute atomic E-state index is 0.0583. The van der Waals surface area contributed by atoms with Crippen LogP contribution in [0.1, 0.15) is 19.8 Å². The lowest BCUT2D eigenvalue weighted by molar-refractivity contribution is -0.263. The first-order valence-electron chi connectivity index (χ1n) is 7.44. The van der Waals surface area contributed by atoms with Crippen LogP contribution in [0.4, 0.5) is 0 Å². The summed E-state index contributed by atoms with van der Waals surface area (Å²) in [6.45, 7) is 1.02. The number of aliphatic hydroxyl groups is 4. The summed E-state index contributed by atoms with van der Waals surface area (Å²) in [5.74, 6) is -2.91. The molecule has 1 fully saturated rings. The average Bonchev–Trinajstić information content (AvgIpc) is 2.56. The molecular formula is C13H19N3O8. The highest BCUT2D eigenvalue weighted by Gasteiger charge is 2.50. The van der Waals surface area contributed by atoms with Crippen LogP contribution in [-0.4, -0.2) is 86.2 Å². The van der Waals surface area contributed by atoms with Crippen molar-refractivity contribution in [3.05, 3.63) is 0 Å². The van der Waals surface area contributed by atoms with Crippen molar-refractivity contribution in [1.82, 2.24) is 5.01 Å². The van der Waals surface area contributed by atoms with Gasteiger partial charge >= 0.3 is 5.91 Å².